The molecule has 152 valence electrons. The zero-order valence-corrected chi connectivity index (χ0v) is 17.6. The third kappa shape index (κ3) is 3.68. The zero-order valence-electron chi connectivity index (χ0n) is 16.0. The van der Waals surface area contributed by atoms with Gasteiger partial charge >= 0.3 is 0 Å². The summed E-state index contributed by atoms with van der Waals surface area (Å²) in [6.45, 7) is 0. The van der Waals surface area contributed by atoms with E-state index in [4.69, 9.17) is 16.6 Å². The summed E-state index contributed by atoms with van der Waals surface area (Å²) in [5.74, 6) is 1.55. The van der Waals surface area contributed by atoms with Crippen LogP contribution in [0.15, 0.2) is 58.7 Å². The Morgan fingerprint density at radius 3 is 2.63 bits per heavy atom. The average Bonchev–Trinajstić information content (AvgIpc) is 3.54. The Morgan fingerprint density at radius 2 is 1.93 bits per heavy atom. The molecule has 8 heteroatoms. The number of alkyl halides is 2. The van der Waals surface area contributed by atoms with E-state index in [0.29, 0.717) is 16.5 Å². The molecule has 3 heterocycles. The number of nitrogens with zero attached hydrogens (tertiary/aromatic N) is 4. The number of rotatable bonds is 5. The van der Waals surface area contributed by atoms with E-state index in [-0.39, 0.29) is 5.69 Å². The molecule has 5 rings (SSSR count). The molecule has 0 atom stereocenters. The Kier molecular flexibility index (Phi) is 4.95. The zero-order chi connectivity index (χ0) is 20.8. The third-order valence-corrected chi connectivity index (χ3v) is 6.46. The summed E-state index contributed by atoms with van der Waals surface area (Å²) in [4.78, 5) is 13.4. The fourth-order valence-corrected chi connectivity index (χ4v) is 4.49. The molecule has 0 amide bonds. The van der Waals surface area contributed by atoms with E-state index < -0.39 is 6.43 Å². The molecule has 0 aliphatic heterocycles. The fourth-order valence-electron chi connectivity index (χ4n) is 3.44. The summed E-state index contributed by atoms with van der Waals surface area (Å²) >= 11 is 7.51. The molecule has 0 radical (unpaired) electrons. The molecule has 1 aliphatic carbocycles. The van der Waals surface area contributed by atoms with Crippen LogP contribution in [0.1, 0.15) is 36.7 Å². The lowest BCUT2D eigenvalue weighted by molar-refractivity contribution is 0.146. The average molecular weight is 443 g/mol. The molecule has 1 saturated carbocycles. The van der Waals surface area contributed by atoms with Crippen LogP contribution in [-0.4, -0.2) is 19.5 Å². The highest BCUT2D eigenvalue weighted by Crippen LogP contribution is 2.44. The first-order chi connectivity index (χ1) is 14.5. The summed E-state index contributed by atoms with van der Waals surface area (Å²) in [6, 6.07) is 12.4. The third-order valence-electron chi connectivity index (χ3n) is 5.13. The van der Waals surface area contributed by atoms with Crippen molar-refractivity contribution in [3.8, 4) is 11.3 Å². The van der Waals surface area contributed by atoms with Gasteiger partial charge in [-0.05, 0) is 54.9 Å². The van der Waals surface area contributed by atoms with Crippen molar-refractivity contribution in [1.82, 2.24) is 19.5 Å². The number of pyridine rings is 2. The first-order valence-electron chi connectivity index (χ1n) is 9.55. The van der Waals surface area contributed by atoms with Crippen LogP contribution in [-0.2, 0) is 7.05 Å². The lowest BCUT2D eigenvalue weighted by atomic mass is 10.1. The van der Waals surface area contributed by atoms with Crippen molar-refractivity contribution < 1.29 is 8.78 Å². The van der Waals surface area contributed by atoms with Gasteiger partial charge in [0.1, 0.15) is 27.3 Å². The van der Waals surface area contributed by atoms with Crippen LogP contribution in [0.3, 0.4) is 0 Å². The Balaban J connectivity index is 1.59. The van der Waals surface area contributed by atoms with Crippen LogP contribution < -0.4 is 0 Å². The van der Waals surface area contributed by atoms with Crippen LogP contribution >= 0.6 is 23.4 Å². The second-order valence-electron chi connectivity index (χ2n) is 7.32. The molecule has 1 aromatic carbocycles. The van der Waals surface area contributed by atoms with Gasteiger partial charge < -0.3 is 4.57 Å². The van der Waals surface area contributed by atoms with Gasteiger partial charge in [-0.2, -0.15) is 0 Å². The van der Waals surface area contributed by atoms with Crippen molar-refractivity contribution in [2.75, 3.05) is 0 Å². The molecule has 0 bridgehead atoms. The second-order valence-corrected chi connectivity index (χ2v) is 8.76. The molecule has 0 saturated heterocycles. The van der Waals surface area contributed by atoms with E-state index in [2.05, 4.69) is 14.5 Å². The smallest absolute Gasteiger partial charge is 0.280 e. The van der Waals surface area contributed by atoms with Gasteiger partial charge in [-0.3, -0.25) is 0 Å². The normalized spacial score (nSPS) is 14.0. The SMILES string of the molecule is Cn1c(C2CC2)nc(-c2ccc3nc(C(F)F)ccc3c2)c1Sc1ccc(Cl)cn1. The molecular weight excluding hydrogens is 426 g/mol. The number of benzene rings is 1. The maximum atomic E-state index is 13.0. The number of fused-ring (bicyclic) bond motifs is 1. The van der Waals surface area contributed by atoms with Crippen molar-refractivity contribution in [3.05, 3.63) is 65.2 Å². The highest BCUT2D eigenvalue weighted by atomic mass is 35.5. The molecule has 1 fully saturated rings. The largest absolute Gasteiger partial charge is 0.325 e. The highest BCUT2D eigenvalue weighted by molar-refractivity contribution is 7.99. The van der Waals surface area contributed by atoms with Crippen molar-refractivity contribution in [1.29, 1.82) is 0 Å². The molecule has 4 nitrogen and oxygen atoms in total. The van der Waals surface area contributed by atoms with Crippen molar-refractivity contribution >= 4 is 34.3 Å². The van der Waals surface area contributed by atoms with E-state index in [1.807, 2.05) is 31.3 Å². The lowest BCUT2D eigenvalue weighted by Crippen LogP contribution is -1.97. The Hall–Kier alpha value is -2.51. The van der Waals surface area contributed by atoms with Gasteiger partial charge in [0.05, 0.1) is 10.5 Å². The van der Waals surface area contributed by atoms with Crippen LogP contribution in [0, 0.1) is 0 Å². The minimum absolute atomic E-state index is 0.214. The highest BCUT2D eigenvalue weighted by Gasteiger charge is 2.31. The molecule has 0 spiro atoms. The summed E-state index contributed by atoms with van der Waals surface area (Å²) in [6.07, 6.45) is 1.34. The molecule has 4 aromatic rings. The fraction of sp³-hybridized carbons (Fsp3) is 0.227. The summed E-state index contributed by atoms with van der Waals surface area (Å²) < 4.78 is 28.1. The molecular formula is C22H17ClF2N4S. The molecule has 30 heavy (non-hydrogen) atoms. The number of hydrogen-bond donors (Lipinski definition) is 0. The van der Waals surface area contributed by atoms with E-state index in [1.165, 1.54) is 17.8 Å². The first kappa shape index (κ1) is 19.5. The predicted octanol–water partition coefficient (Wildman–Crippen LogP) is 6.65. The molecule has 0 N–H and O–H groups in total. The lowest BCUT2D eigenvalue weighted by Gasteiger charge is -2.08. The predicted molar refractivity (Wildman–Crippen MR) is 114 cm³/mol. The van der Waals surface area contributed by atoms with E-state index in [0.717, 1.165) is 45.4 Å². The number of hydrogen-bond acceptors (Lipinski definition) is 4. The van der Waals surface area contributed by atoms with Crippen molar-refractivity contribution in [2.24, 2.45) is 7.05 Å². The Bertz CT molecular complexity index is 1240. The monoisotopic (exact) mass is 442 g/mol. The second kappa shape index (κ2) is 7.63. The van der Waals surface area contributed by atoms with Crippen LogP contribution in [0.5, 0.6) is 0 Å². The van der Waals surface area contributed by atoms with Gasteiger partial charge in [0.25, 0.3) is 6.43 Å². The standard InChI is InChI=1S/C22H17ClF2N4S/c1-29-21(12-2-3-12)28-19(22(29)30-18-9-6-15(23)11-26-18)14-5-7-16-13(10-14)4-8-17(27-16)20(24)25/h4-12,20H,2-3H2,1H3. The maximum Gasteiger partial charge on any atom is 0.280 e. The number of aromatic nitrogens is 4. The van der Waals surface area contributed by atoms with E-state index in [9.17, 15) is 8.78 Å². The van der Waals surface area contributed by atoms with Crippen molar-refractivity contribution in [3.63, 3.8) is 0 Å². The maximum absolute atomic E-state index is 13.0. The summed E-state index contributed by atoms with van der Waals surface area (Å²) in [5.41, 5.74) is 2.12. The molecule has 1 aliphatic rings. The first-order valence-corrected chi connectivity index (χ1v) is 10.7. The van der Waals surface area contributed by atoms with Crippen molar-refractivity contribution in [2.45, 2.75) is 35.2 Å². The summed E-state index contributed by atoms with van der Waals surface area (Å²) in [7, 11) is 2.03. The van der Waals surface area contributed by atoms with Crippen LogP contribution in [0.2, 0.25) is 5.02 Å². The van der Waals surface area contributed by atoms with Gasteiger partial charge in [-0.1, -0.05) is 23.7 Å². The molecule has 3 aromatic heterocycles. The molecule has 0 unspecified atom stereocenters. The Labute approximate surface area is 181 Å². The van der Waals surface area contributed by atoms with E-state index >= 15 is 0 Å². The van der Waals surface area contributed by atoms with Gasteiger partial charge in [0.15, 0.2) is 0 Å². The topological polar surface area (TPSA) is 43.6 Å². The number of halogens is 3. The van der Waals surface area contributed by atoms with E-state index in [1.54, 1.807) is 18.3 Å². The quantitative estimate of drug-likeness (QED) is 0.347. The minimum Gasteiger partial charge on any atom is -0.325 e. The van der Waals surface area contributed by atoms with Crippen LogP contribution in [0.4, 0.5) is 8.78 Å². The van der Waals surface area contributed by atoms with Gasteiger partial charge in [-0.25, -0.2) is 23.7 Å². The Morgan fingerprint density at radius 1 is 1.10 bits per heavy atom. The number of imidazole rings is 1. The van der Waals surface area contributed by atoms with Crippen LogP contribution in [0.25, 0.3) is 22.2 Å². The van der Waals surface area contributed by atoms with Gasteiger partial charge in [0, 0.05) is 30.1 Å². The minimum atomic E-state index is -2.58. The summed E-state index contributed by atoms with van der Waals surface area (Å²) in [5, 5.41) is 3.21. The van der Waals surface area contributed by atoms with Gasteiger partial charge in [-0.15, -0.1) is 0 Å². The van der Waals surface area contributed by atoms with Gasteiger partial charge in [0.2, 0.25) is 0 Å².